The molecule has 1 unspecified atom stereocenters. The Labute approximate surface area is 112 Å². The molecule has 2 rings (SSSR count). The van der Waals surface area contributed by atoms with Crippen molar-refractivity contribution < 1.29 is 14.3 Å². The first kappa shape index (κ1) is 13.5. The number of imide groups is 1. The molecule has 0 bridgehead atoms. The average molecular weight is 262 g/mol. The van der Waals surface area contributed by atoms with E-state index in [0.29, 0.717) is 18.7 Å². The number of nitrogens with zero attached hydrogens (tertiary/aromatic N) is 1. The summed E-state index contributed by atoms with van der Waals surface area (Å²) in [5, 5.41) is 2.26. The van der Waals surface area contributed by atoms with Gasteiger partial charge in [-0.25, -0.2) is 4.98 Å². The van der Waals surface area contributed by atoms with Crippen LogP contribution in [0.3, 0.4) is 0 Å². The van der Waals surface area contributed by atoms with Crippen molar-refractivity contribution in [1.82, 2.24) is 10.3 Å². The van der Waals surface area contributed by atoms with Gasteiger partial charge in [0, 0.05) is 30.0 Å². The summed E-state index contributed by atoms with van der Waals surface area (Å²) >= 11 is 0. The molecule has 1 saturated heterocycles. The molecular formula is C14H18N2O3. The van der Waals surface area contributed by atoms with Gasteiger partial charge in [0.2, 0.25) is 11.8 Å². The number of ether oxygens (including phenoxy) is 1. The van der Waals surface area contributed by atoms with E-state index in [2.05, 4.69) is 31.1 Å². The highest BCUT2D eigenvalue weighted by atomic mass is 16.5. The predicted octanol–water partition coefficient (Wildman–Crippen LogP) is 1.56. The number of hydrogen-bond donors (Lipinski definition) is 1. The number of aromatic nitrogens is 1. The molecule has 1 atom stereocenters. The quantitative estimate of drug-likeness (QED) is 0.821. The summed E-state index contributed by atoms with van der Waals surface area (Å²) in [5.41, 5.74) is 0.821. The van der Waals surface area contributed by atoms with Gasteiger partial charge in [0.05, 0.1) is 0 Å². The maximum absolute atomic E-state index is 11.6. The van der Waals surface area contributed by atoms with Gasteiger partial charge in [-0.1, -0.05) is 26.8 Å². The molecule has 1 N–H and O–H groups in total. The highest BCUT2D eigenvalue weighted by Gasteiger charge is 2.28. The molecule has 1 aromatic heterocycles. The Bertz CT molecular complexity index is 506. The van der Waals surface area contributed by atoms with Gasteiger partial charge < -0.3 is 4.74 Å². The van der Waals surface area contributed by atoms with Crippen LogP contribution in [-0.4, -0.2) is 22.9 Å². The van der Waals surface area contributed by atoms with Crippen molar-refractivity contribution in [2.75, 3.05) is 0 Å². The zero-order valence-electron chi connectivity index (χ0n) is 11.4. The highest BCUT2D eigenvalue weighted by Crippen LogP contribution is 2.23. The lowest BCUT2D eigenvalue weighted by Crippen LogP contribution is -2.46. The molecule has 0 aromatic carbocycles. The smallest absolute Gasteiger partial charge is 0.267 e. The minimum atomic E-state index is -0.639. The van der Waals surface area contributed by atoms with Gasteiger partial charge in [0.1, 0.15) is 0 Å². The molecular weight excluding hydrogens is 244 g/mol. The first-order valence-electron chi connectivity index (χ1n) is 6.34. The van der Waals surface area contributed by atoms with E-state index in [1.54, 1.807) is 6.07 Å². The maximum Gasteiger partial charge on any atom is 0.267 e. The summed E-state index contributed by atoms with van der Waals surface area (Å²) in [7, 11) is 0. The lowest BCUT2D eigenvalue weighted by Gasteiger charge is -2.23. The minimum absolute atomic E-state index is 0.0792. The number of rotatable bonds is 2. The average Bonchev–Trinajstić information content (AvgIpc) is 2.32. The summed E-state index contributed by atoms with van der Waals surface area (Å²) in [4.78, 5) is 27.1. The Morgan fingerprint density at radius 3 is 2.68 bits per heavy atom. The van der Waals surface area contributed by atoms with Gasteiger partial charge >= 0.3 is 0 Å². The molecule has 0 spiro atoms. The fourth-order valence-corrected chi connectivity index (χ4v) is 1.83. The fourth-order valence-electron chi connectivity index (χ4n) is 1.83. The molecule has 1 fully saturated rings. The number of hydrogen-bond acceptors (Lipinski definition) is 4. The molecule has 0 saturated carbocycles. The third-order valence-corrected chi connectivity index (χ3v) is 2.94. The third kappa shape index (κ3) is 3.30. The van der Waals surface area contributed by atoms with E-state index >= 15 is 0 Å². The number of amides is 2. The van der Waals surface area contributed by atoms with Crippen molar-refractivity contribution in [1.29, 1.82) is 0 Å². The van der Waals surface area contributed by atoms with Gasteiger partial charge in [-0.15, -0.1) is 0 Å². The fraction of sp³-hybridized carbons (Fsp3) is 0.500. The Morgan fingerprint density at radius 2 is 2.05 bits per heavy atom. The minimum Gasteiger partial charge on any atom is -0.464 e. The van der Waals surface area contributed by atoms with Gasteiger partial charge in [-0.05, 0) is 6.07 Å². The number of carbonyl (C=O) groups is 2. The van der Waals surface area contributed by atoms with Crippen molar-refractivity contribution in [2.24, 2.45) is 0 Å². The lowest BCUT2D eigenvalue weighted by molar-refractivity contribution is -0.139. The lowest BCUT2D eigenvalue weighted by atomic mass is 9.92. The topological polar surface area (TPSA) is 68.3 Å². The van der Waals surface area contributed by atoms with Crippen LogP contribution in [0.4, 0.5) is 0 Å². The molecule has 2 amide bonds. The standard InChI is InChI=1S/C14H18N2O3/c1-14(2,3)10-5-4-6-12(15-10)19-9-7-8-11(17)16-13(9)18/h4-6,9H,7-8H2,1-3H3,(H,16,17,18). The van der Waals surface area contributed by atoms with Crippen LogP contribution in [0.15, 0.2) is 18.2 Å². The first-order valence-corrected chi connectivity index (χ1v) is 6.34. The molecule has 19 heavy (non-hydrogen) atoms. The third-order valence-electron chi connectivity index (χ3n) is 2.94. The van der Waals surface area contributed by atoms with Crippen LogP contribution in [0.25, 0.3) is 0 Å². The highest BCUT2D eigenvalue weighted by molar-refractivity contribution is 5.99. The van der Waals surface area contributed by atoms with Crippen LogP contribution >= 0.6 is 0 Å². The number of piperidine rings is 1. The van der Waals surface area contributed by atoms with Crippen molar-refractivity contribution in [3.8, 4) is 5.88 Å². The summed E-state index contributed by atoms with van der Waals surface area (Å²) in [6.45, 7) is 6.18. The van der Waals surface area contributed by atoms with E-state index in [9.17, 15) is 9.59 Å². The van der Waals surface area contributed by atoms with Crippen LogP contribution < -0.4 is 10.1 Å². The maximum atomic E-state index is 11.6. The molecule has 5 heteroatoms. The molecule has 5 nitrogen and oxygen atoms in total. The van der Waals surface area contributed by atoms with E-state index in [4.69, 9.17) is 4.74 Å². The largest absolute Gasteiger partial charge is 0.464 e. The van der Waals surface area contributed by atoms with Crippen LogP contribution in [0.1, 0.15) is 39.3 Å². The second-order valence-electron chi connectivity index (χ2n) is 5.67. The summed E-state index contributed by atoms with van der Waals surface area (Å²) in [6.07, 6.45) is 0.0574. The van der Waals surface area contributed by atoms with Crippen molar-refractivity contribution >= 4 is 11.8 Å². The van der Waals surface area contributed by atoms with E-state index < -0.39 is 6.10 Å². The van der Waals surface area contributed by atoms with Crippen LogP contribution in [0.2, 0.25) is 0 Å². The number of carbonyl (C=O) groups excluding carboxylic acids is 2. The van der Waals surface area contributed by atoms with Crippen LogP contribution in [0.5, 0.6) is 5.88 Å². The molecule has 102 valence electrons. The van der Waals surface area contributed by atoms with Crippen molar-refractivity contribution in [3.05, 3.63) is 23.9 Å². The summed E-state index contributed by atoms with van der Waals surface area (Å²) < 4.78 is 5.58. The Morgan fingerprint density at radius 1 is 1.32 bits per heavy atom. The molecule has 1 aliphatic rings. The summed E-state index contributed by atoms with van der Waals surface area (Å²) in [6, 6.07) is 5.51. The monoisotopic (exact) mass is 262 g/mol. The molecule has 1 aliphatic heterocycles. The molecule has 2 heterocycles. The summed E-state index contributed by atoms with van der Waals surface area (Å²) in [5.74, 6) is -0.220. The number of nitrogens with one attached hydrogen (secondary N) is 1. The van der Waals surface area contributed by atoms with E-state index in [-0.39, 0.29) is 17.2 Å². The van der Waals surface area contributed by atoms with Crippen LogP contribution in [-0.2, 0) is 15.0 Å². The predicted molar refractivity (Wildman–Crippen MR) is 69.7 cm³/mol. The number of pyridine rings is 1. The second kappa shape index (κ2) is 4.99. The second-order valence-corrected chi connectivity index (χ2v) is 5.67. The van der Waals surface area contributed by atoms with Crippen molar-refractivity contribution in [3.63, 3.8) is 0 Å². The molecule has 0 aliphatic carbocycles. The normalized spacial score (nSPS) is 20.1. The van der Waals surface area contributed by atoms with E-state index in [1.807, 2.05) is 12.1 Å². The van der Waals surface area contributed by atoms with Gasteiger partial charge in [0.25, 0.3) is 5.91 Å². The zero-order chi connectivity index (χ0) is 14.0. The Hall–Kier alpha value is -1.91. The van der Waals surface area contributed by atoms with Crippen molar-refractivity contribution in [2.45, 2.75) is 45.1 Å². The van der Waals surface area contributed by atoms with Gasteiger partial charge in [-0.3, -0.25) is 14.9 Å². The Kier molecular flexibility index (Phi) is 3.55. The molecule has 1 aromatic rings. The Balaban J connectivity index is 2.11. The van der Waals surface area contributed by atoms with E-state index in [1.165, 1.54) is 0 Å². The van der Waals surface area contributed by atoms with Gasteiger partial charge in [0.15, 0.2) is 6.10 Å². The molecule has 0 radical (unpaired) electrons. The zero-order valence-corrected chi connectivity index (χ0v) is 11.4. The van der Waals surface area contributed by atoms with Gasteiger partial charge in [-0.2, -0.15) is 0 Å². The van der Waals surface area contributed by atoms with E-state index in [0.717, 1.165) is 5.69 Å². The first-order chi connectivity index (χ1) is 8.86. The SMILES string of the molecule is CC(C)(C)c1cccc(OC2CCC(=O)NC2=O)n1. The van der Waals surface area contributed by atoms with Crippen LogP contribution in [0, 0.1) is 0 Å².